The van der Waals surface area contributed by atoms with Gasteiger partial charge in [-0.05, 0) is 36.2 Å². The molecular formula is C15H17N3O3. The Labute approximate surface area is 123 Å². The van der Waals surface area contributed by atoms with Gasteiger partial charge in [0.05, 0.1) is 25.0 Å². The number of benzene rings is 1. The summed E-state index contributed by atoms with van der Waals surface area (Å²) >= 11 is 0. The third-order valence-electron chi connectivity index (χ3n) is 3.86. The molecule has 21 heavy (non-hydrogen) atoms. The lowest BCUT2D eigenvalue weighted by Crippen LogP contribution is -2.45. The zero-order valence-corrected chi connectivity index (χ0v) is 12.3. The van der Waals surface area contributed by atoms with E-state index in [4.69, 9.17) is 9.57 Å². The second-order valence-corrected chi connectivity index (χ2v) is 5.09. The first-order valence-corrected chi connectivity index (χ1v) is 6.86. The van der Waals surface area contributed by atoms with E-state index in [1.165, 1.54) is 5.01 Å². The van der Waals surface area contributed by atoms with Crippen LogP contribution in [-0.2, 0) is 9.63 Å². The number of carbonyl (C=O) groups excluding carboxylic acids is 1. The molecule has 110 valence electrons. The molecule has 1 amide bonds. The van der Waals surface area contributed by atoms with Gasteiger partial charge in [0.15, 0.2) is 0 Å². The third kappa shape index (κ3) is 1.98. The van der Waals surface area contributed by atoms with Gasteiger partial charge in [0.25, 0.3) is 11.5 Å². The largest absolute Gasteiger partial charge is 0.497 e. The lowest BCUT2D eigenvalue weighted by Gasteiger charge is -2.19. The molecule has 1 atom stereocenters. The first kappa shape index (κ1) is 13.6. The summed E-state index contributed by atoms with van der Waals surface area (Å²) in [5.74, 6) is 0.618. The van der Waals surface area contributed by atoms with Crippen LogP contribution >= 0.6 is 0 Å². The Kier molecular flexibility index (Phi) is 3.16. The number of hydrogen-bond acceptors (Lipinski definition) is 5. The highest BCUT2D eigenvalue weighted by molar-refractivity contribution is 6.20. The average molecular weight is 287 g/mol. The Morgan fingerprint density at radius 2 is 2.10 bits per heavy atom. The molecule has 0 N–H and O–H groups in total. The summed E-state index contributed by atoms with van der Waals surface area (Å²) in [6.45, 7) is 1.96. The number of likely N-dealkylation sites (N-methyl/N-ethyl adjacent to an activating group) is 1. The van der Waals surface area contributed by atoms with Gasteiger partial charge in [-0.3, -0.25) is 4.79 Å². The summed E-state index contributed by atoms with van der Waals surface area (Å²) in [7, 11) is 3.26. The molecule has 0 aromatic heterocycles. The molecule has 0 aliphatic carbocycles. The highest BCUT2D eigenvalue weighted by Crippen LogP contribution is 2.35. The maximum absolute atomic E-state index is 12.4. The van der Waals surface area contributed by atoms with Crippen molar-refractivity contribution in [1.82, 2.24) is 5.01 Å². The SMILES string of the molecule is CCC1=NN(C)C(=O)[C@@]12CC(c1ccc(OC)cc1)=NO2. The average Bonchev–Trinajstić information content (AvgIpc) is 3.06. The predicted octanol–water partition coefficient (Wildman–Crippen LogP) is 1.80. The molecular weight excluding hydrogens is 270 g/mol. The van der Waals surface area contributed by atoms with Crippen molar-refractivity contribution in [3.05, 3.63) is 29.8 Å². The van der Waals surface area contributed by atoms with Gasteiger partial charge in [0.1, 0.15) is 5.75 Å². The number of rotatable bonds is 3. The van der Waals surface area contributed by atoms with E-state index in [2.05, 4.69) is 10.3 Å². The van der Waals surface area contributed by atoms with Crippen LogP contribution in [0.5, 0.6) is 5.75 Å². The maximum atomic E-state index is 12.4. The number of methoxy groups -OCH3 is 1. The van der Waals surface area contributed by atoms with Crippen LogP contribution in [0.2, 0.25) is 0 Å². The summed E-state index contributed by atoms with van der Waals surface area (Å²) < 4.78 is 5.14. The molecule has 6 nitrogen and oxygen atoms in total. The van der Waals surface area contributed by atoms with Gasteiger partial charge in [0, 0.05) is 7.05 Å². The summed E-state index contributed by atoms with van der Waals surface area (Å²) in [4.78, 5) is 17.9. The molecule has 1 spiro atoms. The predicted molar refractivity (Wildman–Crippen MR) is 78.5 cm³/mol. The van der Waals surface area contributed by atoms with Gasteiger partial charge in [-0.25, -0.2) is 5.01 Å². The Hall–Kier alpha value is -2.37. The van der Waals surface area contributed by atoms with Crippen molar-refractivity contribution in [1.29, 1.82) is 0 Å². The number of amides is 1. The number of hydrazone groups is 1. The van der Waals surface area contributed by atoms with Gasteiger partial charge in [0.2, 0.25) is 0 Å². The first-order chi connectivity index (χ1) is 10.1. The summed E-state index contributed by atoms with van der Waals surface area (Å²) in [6.07, 6.45) is 1.07. The standard InChI is InChI=1S/C15H17N3O3/c1-4-13-15(14(19)18(2)16-13)9-12(17-21-15)10-5-7-11(20-3)8-6-10/h5-8H,4,9H2,1-3H3/t15-/m1/s1. The Morgan fingerprint density at radius 3 is 2.71 bits per heavy atom. The van der Waals surface area contributed by atoms with E-state index in [0.29, 0.717) is 12.8 Å². The van der Waals surface area contributed by atoms with Crippen LogP contribution in [0.15, 0.2) is 34.5 Å². The molecule has 0 unspecified atom stereocenters. The van der Waals surface area contributed by atoms with Gasteiger partial charge < -0.3 is 9.57 Å². The Morgan fingerprint density at radius 1 is 1.38 bits per heavy atom. The fraction of sp³-hybridized carbons (Fsp3) is 0.400. The zero-order chi connectivity index (χ0) is 15.0. The van der Waals surface area contributed by atoms with Crippen LogP contribution in [0, 0.1) is 0 Å². The fourth-order valence-corrected chi connectivity index (χ4v) is 2.69. The molecule has 0 fully saturated rings. The van der Waals surface area contributed by atoms with E-state index >= 15 is 0 Å². The van der Waals surface area contributed by atoms with E-state index in [-0.39, 0.29) is 5.91 Å². The molecule has 0 bridgehead atoms. The van der Waals surface area contributed by atoms with Crippen LogP contribution in [0.3, 0.4) is 0 Å². The number of nitrogens with zero attached hydrogens (tertiary/aromatic N) is 3. The van der Waals surface area contributed by atoms with E-state index in [0.717, 1.165) is 22.7 Å². The molecule has 2 heterocycles. The van der Waals surface area contributed by atoms with Crippen molar-refractivity contribution >= 4 is 17.3 Å². The highest BCUT2D eigenvalue weighted by Gasteiger charge is 2.55. The lowest BCUT2D eigenvalue weighted by molar-refractivity contribution is -0.143. The minimum Gasteiger partial charge on any atom is -0.497 e. The fourth-order valence-electron chi connectivity index (χ4n) is 2.69. The van der Waals surface area contributed by atoms with E-state index in [1.807, 2.05) is 31.2 Å². The second kappa shape index (κ2) is 4.87. The third-order valence-corrected chi connectivity index (χ3v) is 3.86. The minimum atomic E-state index is -1.04. The molecule has 3 rings (SSSR count). The molecule has 0 radical (unpaired) electrons. The van der Waals surface area contributed by atoms with Crippen molar-refractivity contribution in [2.45, 2.75) is 25.4 Å². The Balaban J connectivity index is 1.87. The van der Waals surface area contributed by atoms with Gasteiger partial charge >= 0.3 is 0 Å². The van der Waals surface area contributed by atoms with Crippen molar-refractivity contribution in [2.75, 3.05) is 14.2 Å². The van der Waals surface area contributed by atoms with Crippen molar-refractivity contribution < 1.29 is 14.4 Å². The normalized spacial score (nSPS) is 24.1. The monoisotopic (exact) mass is 287 g/mol. The van der Waals surface area contributed by atoms with Gasteiger partial charge in [-0.2, -0.15) is 5.10 Å². The van der Waals surface area contributed by atoms with E-state index in [9.17, 15) is 4.79 Å². The van der Waals surface area contributed by atoms with Crippen LogP contribution in [0.4, 0.5) is 0 Å². The molecule has 0 saturated carbocycles. The smallest absolute Gasteiger partial charge is 0.295 e. The molecule has 2 aliphatic rings. The van der Waals surface area contributed by atoms with Crippen LogP contribution in [0.1, 0.15) is 25.3 Å². The minimum absolute atomic E-state index is 0.161. The number of oxime groups is 1. The molecule has 1 aromatic rings. The van der Waals surface area contributed by atoms with E-state index in [1.54, 1.807) is 14.2 Å². The van der Waals surface area contributed by atoms with Crippen molar-refractivity contribution in [3.63, 3.8) is 0 Å². The quantitative estimate of drug-likeness (QED) is 0.851. The first-order valence-electron chi connectivity index (χ1n) is 6.86. The van der Waals surface area contributed by atoms with Gasteiger partial charge in [-0.1, -0.05) is 12.1 Å². The molecule has 0 saturated heterocycles. The topological polar surface area (TPSA) is 63.5 Å². The molecule has 2 aliphatic heterocycles. The number of hydrogen-bond donors (Lipinski definition) is 0. The van der Waals surface area contributed by atoms with Crippen molar-refractivity contribution in [2.24, 2.45) is 10.3 Å². The lowest BCUT2D eigenvalue weighted by atomic mass is 9.88. The van der Waals surface area contributed by atoms with Crippen molar-refractivity contribution in [3.8, 4) is 5.75 Å². The second-order valence-electron chi connectivity index (χ2n) is 5.09. The summed E-state index contributed by atoms with van der Waals surface area (Å²) in [5.41, 5.74) is 1.36. The van der Waals surface area contributed by atoms with Crippen LogP contribution < -0.4 is 4.74 Å². The summed E-state index contributed by atoms with van der Waals surface area (Å²) in [6, 6.07) is 7.54. The molecule has 1 aromatic carbocycles. The maximum Gasteiger partial charge on any atom is 0.295 e. The zero-order valence-electron chi connectivity index (χ0n) is 12.3. The Bertz CT molecular complexity index is 636. The van der Waals surface area contributed by atoms with Gasteiger partial charge in [-0.15, -0.1) is 0 Å². The number of carbonyl (C=O) groups is 1. The highest BCUT2D eigenvalue weighted by atomic mass is 16.7. The van der Waals surface area contributed by atoms with Crippen LogP contribution in [0.25, 0.3) is 0 Å². The number of ether oxygens (including phenoxy) is 1. The van der Waals surface area contributed by atoms with Crippen LogP contribution in [-0.4, -0.2) is 42.1 Å². The van der Waals surface area contributed by atoms with E-state index < -0.39 is 5.60 Å². The molecule has 6 heteroatoms. The summed E-state index contributed by atoms with van der Waals surface area (Å²) in [5, 5.41) is 9.73.